The van der Waals surface area contributed by atoms with E-state index in [4.69, 9.17) is 5.73 Å². The summed E-state index contributed by atoms with van der Waals surface area (Å²) in [4.78, 5) is 15.8. The molecule has 1 aromatic rings. The van der Waals surface area contributed by atoms with E-state index in [1.165, 1.54) is 0 Å². The molecular formula is C13H20N4O. The first kappa shape index (κ1) is 12.5. The Morgan fingerprint density at radius 1 is 1.28 bits per heavy atom. The molecule has 0 atom stereocenters. The van der Waals surface area contributed by atoms with E-state index in [0.29, 0.717) is 6.54 Å². The van der Waals surface area contributed by atoms with E-state index < -0.39 is 0 Å². The van der Waals surface area contributed by atoms with Crippen molar-refractivity contribution in [3.8, 4) is 0 Å². The van der Waals surface area contributed by atoms with Crippen LogP contribution in [0.15, 0.2) is 24.3 Å². The van der Waals surface area contributed by atoms with E-state index in [1.54, 1.807) is 0 Å². The predicted molar refractivity (Wildman–Crippen MR) is 73.7 cm³/mol. The summed E-state index contributed by atoms with van der Waals surface area (Å²) in [7, 11) is 0. The summed E-state index contributed by atoms with van der Waals surface area (Å²) in [5, 5.41) is 2.83. The Morgan fingerprint density at radius 2 is 1.94 bits per heavy atom. The summed E-state index contributed by atoms with van der Waals surface area (Å²) in [6.45, 7) is 5.72. The van der Waals surface area contributed by atoms with Crippen LogP contribution in [0.25, 0.3) is 0 Å². The molecule has 1 aromatic carbocycles. The first-order chi connectivity index (χ1) is 8.72. The van der Waals surface area contributed by atoms with Crippen LogP contribution in [0.1, 0.15) is 6.92 Å². The van der Waals surface area contributed by atoms with Crippen molar-refractivity contribution in [2.75, 3.05) is 43.4 Å². The van der Waals surface area contributed by atoms with Crippen LogP contribution in [0.2, 0.25) is 0 Å². The molecular weight excluding hydrogens is 228 g/mol. The second-order valence-corrected chi connectivity index (χ2v) is 4.37. The van der Waals surface area contributed by atoms with Gasteiger partial charge in [0.2, 0.25) is 0 Å². The average molecular weight is 248 g/mol. The first-order valence-electron chi connectivity index (χ1n) is 6.34. The second-order valence-electron chi connectivity index (χ2n) is 4.37. The number of benzene rings is 1. The van der Waals surface area contributed by atoms with Gasteiger partial charge in [-0.25, -0.2) is 4.79 Å². The molecule has 5 nitrogen and oxygen atoms in total. The molecule has 0 unspecified atom stereocenters. The lowest BCUT2D eigenvalue weighted by Gasteiger charge is -2.36. The summed E-state index contributed by atoms with van der Waals surface area (Å²) < 4.78 is 0. The molecule has 0 saturated carbocycles. The molecule has 1 saturated heterocycles. The monoisotopic (exact) mass is 248 g/mol. The number of amides is 2. The predicted octanol–water partition coefficient (Wildman–Crippen LogP) is 1.12. The lowest BCUT2D eigenvalue weighted by Crippen LogP contribution is -2.51. The fourth-order valence-corrected chi connectivity index (χ4v) is 2.19. The zero-order valence-electron chi connectivity index (χ0n) is 10.7. The number of nitrogens with zero attached hydrogens (tertiary/aromatic N) is 2. The summed E-state index contributed by atoms with van der Waals surface area (Å²) in [5.41, 5.74) is 7.82. The Bertz CT molecular complexity index is 413. The lowest BCUT2D eigenvalue weighted by molar-refractivity contribution is 0.195. The number of piperazine rings is 1. The van der Waals surface area contributed by atoms with Crippen molar-refractivity contribution in [1.29, 1.82) is 0 Å². The van der Waals surface area contributed by atoms with Crippen LogP contribution in [0.3, 0.4) is 0 Å². The van der Waals surface area contributed by atoms with Crippen LogP contribution in [0.4, 0.5) is 16.2 Å². The van der Waals surface area contributed by atoms with Crippen molar-refractivity contribution in [3.05, 3.63) is 24.3 Å². The fourth-order valence-electron chi connectivity index (χ4n) is 2.19. The maximum Gasteiger partial charge on any atom is 0.317 e. The molecule has 0 radical (unpaired) electrons. The van der Waals surface area contributed by atoms with E-state index in [0.717, 1.165) is 37.6 Å². The number of para-hydroxylation sites is 2. The maximum atomic E-state index is 11.7. The number of carbonyl (C=O) groups excluding carboxylic acids is 1. The Hall–Kier alpha value is -1.91. The molecule has 5 heteroatoms. The fraction of sp³-hybridized carbons (Fsp3) is 0.462. The number of hydrogen-bond donors (Lipinski definition) is 2. The maximum absolute atomic E-state index is 11.7. The van der Waals surface area contributed by atoms with E-state index in [9.17, 15) is 4.79 Å². The summed E-state index contributed by atoms with van der Waals surface area (Å²) in [6.07, 6.45) is 0. The normalized spacial score (nSPS) is 15.6. The average Bonchev–Trinajstić information content (AvgIpc) is 2.40. The minimum Gasteiger partial charge on any atom is -0.397 e. The van der Waals surface area contributed by atoms with Gasteiger partial charge in [0.1, 0.15) is 0 Å². The number of anilines is 2. The van der Waals surface area contributed by atoms with Crippen LogP contribution in [-0.2, 0) is 0 Å². The Labute approximate surface area is 108 Å². The molecule has 98 valence electrons. The van der Waals surface area contributed by atoms with Gasteiger partial charge in [0, 0.05) is 32.7 Å². The number of rotatable bonds is 2. The van der Waals surface area contributed by atoms with E-state index in [1.807, 2.05) is 36.1 Å². The smallest absolute Gasteiger partial charge is 0.317 e. The number of hydrogen-bond acceptors (Lipinski definition) is 3. The quantitative estimate of drug-likeness (QED) is 0.771. The minimum atomic E-state index is 0.0261. The summed E-state index contributed by atoms with van der Waals surface area (Å²) in [5.74, 6) is 0. The highest BCUT2D eigenvalue weighted by Crippen LogP contribution is 2.23. The van der Waals surface area contributed by atoms with Gasteiger partial charge in [-0.15, -0.1) is 0 Å². The highest BCUT2D eigenvalue weighted by Gasteiger charge is 2.21. The van der Waals surface area contributed by atoms with Gasteiger partial charge in [-0.2, -0.15) is 0 Å². The lowest BCUT2D eigenvalue weighted by atomic mass is 10.2. The van der Waals surface area contributed by atoms with Gasteiger partial charge < -0.3 is 20.9 Å². The molecule has 0 aromatic heterocycles. The molecule has 3 N–H and O–H groups in total. The van der Waals surface area contributed by atoms with Gasteiger partial charge >= 0.3 is 6.03 Å². The van der Waals surface area contributed by atoms with E-state index in [2.05, 4.69) is 10.2 Å². The third-order valence-corrected chi connectivity index (χ3v) is 3.17. The molecule has 1 fully saturated rings. The first-order valence-corrected chi connectivity index (χ1v) is 6.34. The van der Waals surface area contributed by atoms with E-state index >= 15 is 0 Å². The Kier molecular flexibility index (Phi) is 3.92. The molecule has 18 heavy (non-hydrogen) atoms. The van der Waals surface area contributed by atoms with Crippen molar-refractivity contribution < 1.29 is 4.79 Å². The van der Waals surface area contributed by atoms with Gasteiger partial charge in [0.25, 0.3) is 0 Å². The SMILES string of the molecule is CCNC(=O)N1CCN(c2ccccc2N)CC1. The number of carbonyl (C=O) groups is 1. The molecule has 2 amide bonds. The van der Waals surface area contributed by atoms with Crippen LogP contribution in [-0.4, -0.2) is 43.7 Å². The van der Waals surface area contributed by atoms with Crippen LogP contribution in [0.5, 0.6) is 0 Å². The van der Waals surface area contributed by atoms with Crippen molar-refractivity contribution in [1.82, 2.24) is 10.2 Å². The highest BCUT2D eigenvalue weighted by molar-refractivity contribution is 5.75. The van der Waals surface area contributed by atoms with Crippen LogP contribution >= 0.6 is 0 Å². The van der Waals surface area contributed by atoms with Crippen molar-refractivity contribution in [3.63, 3.8) is 0 Å². The number of urea groups is 1. The number of nitrogen functional groups attached to an aromatic ring is 1. The van der Waals surface area contributed by atoms with Crippen molar-refractivity contribution >= 4 is 17.4 Å². The molecule has 1 aliphatic rings. The third kappa shape index (κ3) is 2.67. The summed E-state index contributed by atoms with van der Waals surface area (Å²) in [6, 6.07) is 7.88. The summed E-state index contributed by atoms with van der Waals surface area (Å²) >= 11 is 0. The number of nitrogens with two attached hydrogens (primary N) is 1. The van der Waals surface area contributed by atoms with E-state index in [-0.39, 0.29) is 6.03 Å². The highest BCUT2D eigenvalue weighted by atomic mass is 16.2. The van der Waals surface area contributed by atoms with Crippen LogP contribution in [0, 0.1) is 0 Å². The van der Waals surface area contributed by atoms with Gasteiger partial charge in [0.15, 0.2) is 0 Å². The largest absolute Gasteiger partial charge is 0.397 e. The molecule has 0 spiro atoms. The Morgan fingerprint density at radius 3 is 2.56 bits per heavy atom. The number of nitrogens with one attached hydrogen (secondary N) is 1. The molecule has 0 bridgehead atoms. The zero-order valence-corrected chi connectivity index (χ0v) is 10.7. The Balaban J connectivity index is 1.95. The van der Waals surface area contributed by atoms with Crippen molar-refractivity contribution in [2.45, 2.75) is 6.92 Å². The van der Waals surface area contributed by atoms with Gasteiger partial charge in [-0.3, -0.25) is 0 Å². The molecule has 1 aliphatic heterocycles. The second kappa shape index (κ2) is 5.62. The molecule has 2 rings (SSSR count). The minimum absolute atomic E-state index is 0.0261. The zero-order chi connectivity index (χ0) is 13.0. The topological polar surface area (TPSA) is 61.6 Å². The van der Waals surface area contributed by atoms with Gasteiger partial charge in [0.05, 0.1) is 11.4 Å². The van der Waals surface area contributed by atoms with Crippen LogP contribution < -0.4 is 16.0 Å². The van der Waals surface area contributed by atoms with Crippen molar-refractivity contribution in [2.24, 2.45) is 0 Å². The van der Waals surface area contributed by atoms with Gasteiger partial charge in [-0.05, 0) is 19.1 Å². The standard InChI is InChI=1S/C13H20N4O/c1-2-15-13(18)17-9-7-16(8-10-17)12-6-4-3-5-11(12)14/h3-6H,2,7-10,14H2,1H3,(H,15,18). The third-order valence-electron chi connectivity index (χ3n) is 3.17. The molecule has 1 heterocycles. The molecule has 0 aliphatic carbocycles. The van der Waals surface area contributed by atoms with Gasteiger partial charge in [-0.1, -0.05) is 12.1 Å².